The van der Waals surface area contributed by atoms with Gasteiger partial charge in [-0.05, 0) is 74.0 Å². The Bertz CT molecular complexity index is 1110. The van der Waals surface area contributed by atoms with Crippen LogP contribution in [0.4, 0.5) is 11.4 Å². The number of piperazine rings is 1. The van der Waals surface area contributed by atoms with Crippen LogP contribution in [0.25, 0.3) is 0 Å². The van der Waals surface area contributed by atoms with Crippen molar-refractivity contribution >= 4 is 40.5 Å². The van der Waals surface area contributed by atoms with Crippen molar-refractivity contribution in [3.63, 3.8) is 0 Å². The molecule has 5 nitrogen and oxygen atoms in total. The van der Waals surface area contributed by atoms with E-state index in [0.29, 0.717) is 10.8 Å². The number of anilines is 2. The van der Waals surface area contributed by atoms with E-state index in [-0.39, 0.29) is 5.91 Å². The van der Waals surface area contributed by atoms with Gasteiger partial charge in [0.2, 0.25) is 0 Å². The first-order chi connectivity index (χ1) is 16.3. The average Bonchev–Trinajstić information content (AvgIpc) is 2.83. The zero-order chi connectivity index (χ0) is 24.1. The van der Waals surface area contributed by atoms with Crippen molar-refractivity contribution in [3.8, 4) is 5.75 Å². The van der Waals surface area contributed by atoms with Gasteiger partial charge in [0.15, 0.2) is 5.60 Å². The van der Waals surface area contributed by atoms with Crippen molar-refractivity contribution in [2.24, 2.45) is 0 Å². The summed E-state index contributed by atoms with van der Waals surface area (Å²) >= 11 is 12.2. The highest BCUT2D eigenvalue weighted by Crippen LogP contribution is 2.24. The summed E-state index contributed by atoms with van der Waals surface area (Å²) in [5, 5.41) is 4.40. The Balaban J connectivity index is 1.29. The van der Waals surface area contributed by atoms with Crippen LogP contribution in [-0.2, 0) is 11.3 Å². The molecule has 1 N–H and O–H groups in total. The van der Waals surface area contributed by atoms with Crippen LogP contribution in [0.3, 0.4) is 0 Å². The maximum Gasteiger partial charge on any atom is 0.267 e. The Morgan fingerprint density at radius 1 is 0.912 bits per heavy atom. The number of carbonyl (C=O) groups is 1. The maximum absolute atomic E-state index is 12.8. The standard InChI is InChI=1S/C27H29Cl2N3O2/c1-27(2,34-24-13-7-21(28)8-14-24)26(33)30-22-9-11-23(12-10-22)32-17-15-31(16-18-32)19-20-5-3-4-6-25(20)29/h3-14H,15-19H2,1-2H3,(H,30,33). The summed E-state index contributed by atoms with van der Waals surface area (Å²) in [6.45, 7) is 8.18. The summed E-state index contributed by atoms with van der Waals surface area (Å²) < 4.78 is 5.88. The zero-order valence-corrected chi connectivity index (χ0v) is 20.9. The van der Waals surface area contributed by atoms with Gasteiger partial charge in [0.25, 0.3) is 5.91 Å². The molecule has 4 rings (SSSR count). The molecule has 1 saturated heterocycles. The third kappa shape index (κ3) is 6.23. The lowest BCUT2D eigenvalue weighted by Gasteiger charge is -2.36. The fraction of sp³-hybridized carbons (Fsp3) is 0.296. The second kappa shape index (κ2) is 10.7. The molecule has 34 heavy (non-hydrogen) atoms. The number of carbonyl (C=O) groups excluding carboxylic acids is 1. The van der Waals surface area contributed by atoms with Gasteiger partial charge in [-0.1, -0.05) is 41.4 Å². The lowest BCUT2D eigenvalue weighted by Crippen LogP contribution is -2.46. The van der Waals surface area contributed by atoms with E-state index < -0.39 is 5.60 Å². The number of rotatable bonds is 7. The second-order valence-corrected chi connectivity index (χ2v) is 9.77. The highest BCUT2D eigenvalue weighted by Gasteiger charge is 2.30. The van der Waals surface area contributed by atoms with Crippen molar-refractivity contribution in [1.29, 1.82) is 0 Å². The lowest BCUT2D eigenvalue weighted by atomic mass is 10.1. The van der Waals surface area contributed by atoms with Gasteiger partial charge in [0.05, 0.1) is 0 Å². The third-order valence-corrected chi connectivity index (χ3v) is 6.57. The van der Waals surface area contributed by atoms with Crippen molar-refractivity contribution in [2.45, 2.75) is 26.0 Å². The maximum atomic E-state index is 12.8. The molecule has 0 bridgehead atoms. The molecule has 178 valence electrons. The van der Waals surface area contributed by atoms with Crippen LogP contribution < -0.4 is 15.0 Å². The Morgan fingerprint density at radius 3 is 2.21 bits per heavy atom. The van der Waals surface area contributed by atoms with Crippen molar-refractivity contribution in [2.75, 3.05) is 36.4 Å². The molecule has 3 aromatic carbocycles. The minimum atomic E-state index is -1.04. The normalized spacial score (nSPS) is 14.6. The first-order valence-corrected chi connectivity index (χ1v) is 12.1. The van der Waals surface area contributed by atoms with Crippen molar-refractivity contribution < 1.29 is 9.53 Å². The Morgan fingerprint density at radius 2 is 1.56 bits per heavy atom. The van der Waals surface area contributed by atoms with E-state index in [1.54, 1.807) is 38.1 Å². The second-order valence-electron chi connectivity index (χ2n) is 8.92. The molecule has 0 saturated carbocycles. The number of hydrogen-bond donors (Lipinski definition) is 1. The van der Waals surface area contributed by atoms with E-state index in [1.807, 2.05) is 42.5 Å². The van der Waals surface area contributed by atoms with Crippen LogP contribution in [0, 0.1) is 0 Å². The van der Waals surface area contributed by atoms with E-state index >= 15 is 0 Å². The molecule has 0 atom stereocenters. The SMILES string of the molecule is CC(C)(Oc1ccc(Cl)cc1)C(=O)Nc1ccc(N2CCN(Cc3ccccc3Cl)CC2)cc1. The molecule has 1 heterocycles. The molecule has 0 aromatic heterocycles. The molecule has 1 fully saturated rings. The lowest BCUT2D eigenvalue weighted by molar-refractivity contribution is -0.128. The minimum absolute atomic E-state index is 0.219. The fourth-order valence-electron chi connectivity index (χ4n) is 3.91. The molecular formula is C27H29Cl2N3O2. The number of nitrogens with one attached hydrogen (secondary N) is 1. The molecule has 7 heteroatoms. The summed E-state index contributed by atoms with van der Waals surface area (Å²) in [6, 6.07) is 23.0. The number of amides is 1. The van der Waals surface area contributed by atoms with Gasteiger partial charge in [-0.2, -0.15) is 0 Å². The van der Waals surface area contributed by atoms with Crippen LogP contribution >= 0.6 is 23.2 Å². The van der Waals surface area contributed by atoms with E-state index in [9.17, 15) is 4.79 Å². The van der Waals surface area contributed by atoms with E-state index in [2.05, 4.69) is 21.2 Å². The van der Waals surface area contributed by atoms with Crippen molar-refractivity contribution in [3.05, 3.63) is 88.4 Å². The van der Waals surface area contributed by atoms with E-state index in [4.69, 9.17) is 27.9 Å². The molecule has 0 aliphatic carbocycles. The first kappa shape index (κ1) is 24.4. The highest BCUT2D eigenvalue weighted by molar-refractivity contribution is 6.31. The van der Waals surface area contributed by atoms with E-state index in [1.165, 1.54) is 5.56 Å². The largest absolute Gasteiger partial charge is 0.478 e. The van der Waals surface area contributed by atoms with Crippen LogP contribution in [0.15, 0.2) is 72.8 Å². The molecule has 1 amide bonds. The summed E-state index contributed by atoms with van der Waals surface area (Å²) in [7, 11) is 0. The molecule has 3 aromatic rings. The quantitative estimate of drug-likeness (QED) is 0.427. The van der Waals surface area contributed by atoms with Gasteiger partial charge < -0.3 is 15.0 Å². The number of hydrogen-bond acceptors (Lipinski definition) is 4. The van der Waals surface area contributed by atoms with Gasteiger partial charge in [-0.25, -0.2) is 0 Å². The van der Waals surface area contributed by atoms with Crippen LogP contribution in [0.2, 0.25) is 10.0 Å². The van der Waals surface area contributed by atoms with Gasteiger partial charge in [0, 0.05) is 54.1 Å². The Hall–Kier alpha value is -2.73. The first-order valence-electron chi connectivity index (χ1n) is 11.4. The van der Waals surface area contributed by atoms with Gasteiger partial charge in [0.1, 0.15) is 5.75 Å². The minimum Gasteiger partial charge on any atom is -0.478 e. The number of halogens is 2. The molecule has 1 aliphatic rings. The smallest absolute Gasteiger partial charge is 0.267 e. The molecular weight excluding hydrogens is 469 g/mol. The third-order valence-electron chi connectivity index (χ3n) is 5.95. The molecule has 0 spiro atoms. The summed E-state index contributed by atoms with van der Waals surface area (Å²) in [4.78, 5) is 17.6. The fourth-order valence-corrected chi connectivity index (χ4v) is 4.23. The summed E-state index contributed by atoms with van der Waals surface area (Å²) in [5.41, 5.74) is 2.01. The number of ether oxygens (including phenoxy) is 1. The summed E-state index contributed by atoms with van der Waals surface area (Å²) in [5.74, 6) is 0.372. The van der Waals surface area contributed by atoms with Gasteiger partial charge in [-0.3, -0.25) is 9.69 Å². The topological polar surface area (TPSA) is 44.8 Å². The molecule has 1 aliphatic heterocycles. The zero-order valence-electron chi connectivity index (χ0n) is 19.4. The predicted octanol–water partition coefficient (Wildman–Crippen LogP) is 6.11. The van der Waals surface area contributed by atoms with Gasteiger partial charge in [-0.15, -0.1) is 0 Å². The number of nitrogens with zero attached hydrogens (tertiary/aromatic N) is 2. The molecule has 0 unspecified atom stereocenters. The highest BCUT2D eigenvalue weighted by atomic mass is 35.5. The molecule has 0 radical (unpaired) electrons. The Kier molecular flexibility index (Phi) is 7.67. The van der Waals surface area contributed by atoms with Crippen LogP contribution in [0.5, 0.6) is 5.75 Å². The monoisotopic (exact) mass is 497 g/mol. The summed E-state index contributed by atoms with van der Waals surface area (Å²) in [6.07, 6.45) is 0. The van der Waals surface area contributed by atoms with E-state index in [0.717, 1.165) is 49.1 Å². The Labute approximate surface area is 211 Å². The van der Waals surface area contributed by atoms with Crippen LogP contribution in [-0.4, -0.2) is 42.6 Å². The average molecular weight is 498 g/mol. The van der Waals surface area contributed by atoms with Crippen LogP contribution in [0.1, 0.15) is 19.4 Å². The van der Waals surface area contributed by atoms with Gasteiger partial charge >= 0.3 is 0 Å². The predicted molar refractivity (Wildman–Crippen MR) is 140 cm³/mol. The van der Waals surface area contributed by atoms with Crippen molar-refractivity contribution in [1.82, 2.24) is 4.90 Å². The number of benzene rings is 3.